The summed E-state index contributed by atoms with van der Waals surface area (Å²) < 4.78 is 5.63. The van der Waals surface area contributed by atoms with E-state index in [-0.39, 0.29) is 33.0 Å². The van der Waals surface area contributed by atoms with Crippen LogP contribution >= 0.6 is 31.9 Å². The van der Waals surface area contributed by atoms with E-state index in [1.807, 2.05) is 0 Å². The van der Waals surface area contributed by atoms with E-state index in [2.05, 4.69) is 42.4 Å². The molecule has 2 aromatic rings. The van der Waals surface area contributed by atoms with E-state index in [1.165, 1.54) is 18.3 Å². The number of halogens is 2. The van der Waals surface area contributed by atoms with Crippen LogP contribution in [0.5, 0.6) is 17.2 Å². The molecule has 0 atom stereocenters. The molecule has 3 N–H and O–H groups in total. The van der Waals surface area contributed by atoms with E-state index < -0.39 is 17.4 Å². The SMILES string of the molecule is Cc1ccc(OCC(=O)N/N=C/c2c(C)c(Br)c(O)c(Br)c2O)c([N+](=O)[O-])c1. The predicted octanol–water partition coefficient (Wildman–Crippen LogP) is 3.68. The average molecular weight is 517 g/mol. The van der Waals surface area contributed by atoms with Crippen LogP contribution in [0.3, 0.4) is 0 Å². The average Bonchev–Trinajstić information content (AvgIpc) is 2.66. The molecule has 11 heteroatoms. The Kier molecular flexibility index (Phi) is 6.97. The Bertz CT molecular complexity index is 949. The number of aromatic hydroxyl groups is 2. The van der Waals surface area contributed by atoms with E-state index in [1.54, 1.807) is 19.9 Å². The summed E-state index contributed by atoms with van der Waals surface area (Å²) in [5.74, 6) is -1.10. The number of nitro benzene ring substituents is 1. The monoisotopic (exact) mass is 515 g/mol. The van der Waals surface area contributed by atoms with Crippen LogP contribution in [-0.4, -0.2) is 33.9 Å². The van der Waals surface area contributed by atoms with Gasteiger partial charge in [0, 0.05) is 11.6 Å². The summed E-state index contributed by atoms with van der Waals surface area (Å²) in [6.07, 6.45) is 1.20. The number of hydrogen-bond acceptors (Lipinski definition) is 7. The molecule has 2 rings (SSSR count). The van der Waals surface area contributed by atoms with Crippen LogP contribution in [0.2, 0.25) is 0 Å². The van der Waals surface area contributed by atoms with Crippen LogP contribution in [0, 0.1) is 24.0 Å². The Morgan fingerprint density at radius 3 is 2.61 bits per heavy atom. The van der Waals surface area contributed by atoms with Gasteiger partial charge in [-0.1, -0.05) is 6.07 Å². The number of aryl methyl sites for hydroxylation is 1. The molecule has 0 fully saturated rings. The summed E-state index contributed by atoms with van der Waals surface area (Å²) in [6, 6.07) is 4.39. The number of phenols is 2. The van der Waals surface area contributed by atoms with Gasteiger partial charge >= 0.3 is 5.69 Å². The Hall–Kier alpha value is -2.66. The van der Waals surface area contributed by atoms with Gasteiger partial charge in [0.05, 0.1) is 15.6 Å². The molecule has 2 aromatic carbocycles. The molecular weight excluding hydrogens is 502 g/mol. The fourth-order valence-corrected chi connectivity index (χ4v) is 3.28. The van der Waals surface area contributed by atoms with Gasteiger partial charge in [0.15, 0.2) is 12.4 Å². The number of ether oxygens (including phenoxy) is 1. The standard InChI is InChI=1S/C17H15Br2N3O6/c1-8-3-4-12(11(5-8)22(26)27)28-7-13(23)21-20-6-10-9(2)14(18)17(25)15(19)16(10)24/h3-6,24-25H,7H2,1-2H3,(H,21,23)/b20-6+. The molecule has 0 aromatic heterocycles. The lowest BCUT2D eigenvalue weighted by atomic mass is 10.1. The number of carbonyl (C=O) groups is 1. The van der Waals surface area contributed by atoms with Gasteiger partial charge in [-0.15, -0.1) is 0 Å². The minimum atomic E-state index is -0.653. The molecule has 0 radical (unpaired) electrons. The highest BCUT2D eigenvalue weighted by molar-refractivity contribution is 9.11. The maximum Gasteiger partial charge on any atom is 0.311 e. The minimum Gasteiger partial charge on any atom is -0.506 e. The van der Waals surface area contributed by atoms with Crippen molar-refractivity contribution in [2.75, 3.05) is 6.61 Å². The lowest BCUT2D eigenvalue weighted by molar-refractivity contribution is -0.385. The lowest BCUT2D eigenvalue weighted by Gasteiger charge is -2.11. The van der Waals surface area contributed by atoms with E-state index >= 15 is 0 Å². The molecule has 0 aliphatic heterocycles. The second-order valence-corrected chi connectivity index (χ2v) is 7.26. The summed E-state index contributed by atoms with van der Waals surface area (Å²) >= 11 is 6.25. The van der Waals surface area contributed by atoms with Gasteiger partial charge in [-0.25, -0.2) is 5.43 Å². The van der Waals surface area contributed by atoms with Gasteiger partial charge in [-0.3, -0.25) is 14.9 Å². The van der Waals surface area contributed by atoms with Crippen molar-refractivity contribution in [3.63, 3.8) is 0 Å². The third-order valence-corrected chi connectivity index (χ3v) is 5.39. The van der Waals surface area contributed by atoms with Crippen LogP contribution in [0.15, 0.2) is 32.2 Å². The molecule has 1 amide bonds. The minimum absolute atomic E-state index is 0.0328. The fraction of sp³-hybridized carbons (Fsp3) is 0.176. The predicted molar refractivity (Wildman–Crippen MR) is 109 cm³/mol. The highest BCUT2D eigenvalue weighted by Crippen LogP contribution is 2.43. The normalized spacial score (nSPS) is 10.9. The van der Waals surface area contributed by atoms with Gasteiger partial charge in [0.25, 0.3) is 5.91 Å². The number of nitrogens with zero attached hydrogens (tertiary/aromatic N) is 2. The van der Waals surface area contributed by atoms with Gasteiger partial charge < -0.3 is 14.9 Å². The topological polar surface area (TPSA) is 134 Å². The van der Waals surface area contributed by atoms with Gasteiger partial charge in [-0.2, -0.15) is 5.10 Å². The van der Waals surface area contributed by atoms with E-state index in [0.29, 0.717) is 15.6 Å². The fourth-order valence-electron chi connectivity index (χ4n) is 2.19. The summed E-state index contributed by atoms with van der Waals surface area (Å²) in [4.78, 5) is 22.3. The zero-order valence-electron chi connectivity index (χ0n) is 14.7. The second kappa shape index (κ2) is 9.02. The molecule has 0 unspecified atom stereocenters. The maximum atomic E-state index is 11.9. The highest BCUT2D eigenvalue weighted by atomic mass is 79.9. The van der Waals surface area contributed by atoms with Crippen LogP contribution < -0.4 is 10.2 Å². The number of carbonyl (C=O) groups excluding carboxylic acids is 1. The summed E-state index contributed by atoms with van der Waals surface area (Å²) in [6.45, 7) is 2.85. The Balaban J connectivity index is 2.06. The van der Waals surface area contributed by atoms with Crippen LogP contribution in [0.4, 0.5) is 5.69 Å². The van der Waals surface area contributed by atoms with Gasteiger partial charge in [-0.05, 0) is 62.9 Å². The quantitative estimate of drug-likeness (QED) is 0.304. The van der Waals surface area contributed by atoms with E-state index in [0.717, 1.165) is 0 Å². The smallest absolute Gasteiger partial charge is 0.311 e. The summed E-state index contributed by atoms with van der Waals surface area (Å²) in [5, 5.41) is 34.7. The van der Waals surface area contributed by atoms with Crippen molar-refractivity contribution in [1.29, 1.82) is 0 Å². The van der Waals surface area contributed by atoms with Crippen molar-refractivity contribution < 1.29 is 24.7 Å². The molecule has 0 aliphatic carbocycles. The van der Waals surface area contributed by atoms with Crippen molar-refractivity contribution in [1.82, 2.24) is 5.43 Å². The zero-order valence-corrected chi connectivity index (χ0v) is 17.9. The second-order valence-electron chi connectivity index (χ2n) is 5.67. The van der Waals surface area contributed by atoms with Crippen LogP contribution in [0.1, 0.15) is 16.7 Å². The first-order valence-electron chi connectivity index (χ1n) is 7.72. The third kappa shape index (κ3) is 4.78. The molecule has 0 heterocycles. The number of hydrazone groups is 1. The first-order valence-corrected chi connectivity index (χ1v) is 9.31. The van der Waals surface area contributed by atoms with E-state index in [4.69, 9.17) is 4.74 Å². The van der Waals surface area contributed by atoms with Gasteiger partial charge in [0.1, 0.15) is 16.0 Å². The van der Waals surface area contributed by atoms with Crippen LogP contribution in [-0.2, 0) is 4.79 Å². The Labute approximate surface area is 176 Å². The number of nitrogens with one attached hydrogen (secondary N) is 1. The Morgan fingerprint density at radius 2 is 1.96 bits per heavy atom. The lowest BCUT2D eigenvalue weighted by Crippen LogP contribution is -2.24. The zero-order chi connectivity index (χ0) is 21.0. The summed E-state index contributed by atoms with van der Waals surface area (Å²) in [5.41, 5.74) is 3.42. The molecule has 28 heavy (non-hydrogen) atoms. The van der Waals surface area contributed by atoms with Crippen molar-refractivity contribution in [2.45, 2.75) is 13.8 Å². The van der Waals surface area contributed by atoms with Crippen molar-refractivity contribution in [2.24, 2.45) is 5.10 Å². The molecule has 0 spiro atoms. The summed E-state index contributed by atoms with van der Waals surface area (Å²) in [7, 11) is 0. The van der Waals surface area contributed by atoms with E-state index in [9.17, 15) is 25.1 Å². The molecular formula is C17H15Br2N3O6. The molecule has 0 aliphatic rings. The van der Waals surface area contributed by atoms with Crippen molar-refractivity contribution in [3.8, 4) is 17.2 Å². The third-order valence-electron chi connectivity index (χ3n) is 3.66. The number of hydrogen-bond donors (Lipinski definition) is 3. The maximum absolute atomic E-state index is 11.9. The largest absolute Gasteiger partial charge is 0.506 e. The number of rotatable bonds is 6. The molecule has 0 bridgehead atoms. The first kappa shape index (κ1) is 21.6. The highest BCUT2D eigenvalue weighted by Gasteiger charge is 2.18. The van der Waals surface area contributed by atoms with Crippen LogP contribution in [0.25, 0.3) is 0 Å². The molecule has 9 nitrogen and oxygen atoms in total. The molecule has 148 valence electrons. The molecule has 0 saturated heterocycles. The molecule has 0 saturated carbocycles. The number of phenolic OH excluding ortho intramolecular Hbond substituents is 2. The van der Waals surface area contributed by atoms with Gasteiger partial charge in [0.2, 0.25) is 0 Å². The van der Waals surface area contributed by atoms with Crippen molar-refractivity contribution in [3.05, 3.63) is 53.9 Å². The number of nitro groups is 1. The number of amides is 1. The van der Waals surface area contributed by atoms with Crippen molar-refractivity contribution >= 4 is 49.7 Å². The Morgan fingerprint density at radius 1 is 1.29 bits per heavy atom. The number of benzene rings is 2. The first-order chi connectivity index (χ1) is 13.1.